The fraction of sp³-hybridized carbons (Fsp3) is 0.567. The molecule has 3 aromatic rings. The summed E-state index contributed by atoms with van der Waals surface area (Å²) in [5.74, 6) is -0.901. The SMILES string of the molecule is Cc1cc(N)c(F)c(-c2nc3c4c(nc(OC[C@@]56CCCN5C[C@H](F)C6)nc4c2F)N2C[C@H]4CC[C@H](N4)[C@H]2[C@H](C)O3)c1I. The minimum atomic E-state index is -0.908. The first kappa shape index (κ1) is 27.9. The molecule has 7 heterocycles. The Morgan fingerprint density at radius 1 is 1.21 bits per heavy atom. The van der Waals surface area contributed by atoms with E-state index in [1.165, 1.54) is 6.07 Å². The van der Waals surface area contributed by atoms with Gasteiger partial charge < -0.3 is 25.4 Å². The van der Waals surface area contributed by atoms with Gasteiger partial charge in [-0.1, -0.05) is 0 Å². The van der Waals surface area contributed by atoms with Crippen LogP contribution in [0.1, 0.15) is 44.6 Å². The molecule has 5 aliphatic rings. The predicted octanol–water partition coefficient (Wildman–Crippen LogP) is 4.51. The second-order valence-electron chi connectivity index (χ2n) is 12.8. The molecule has 0 spiro atoms. The van der Waals surface area contributed by atoms with Crippen molar-refractivity contribution in [2.24, 2.45) is 0 Å². The highest BCUT2D eigenvalue weighted by Crippen LogP contribution is 2.46. The van der Waals surface area contributed by atoms with Crippen LogP contribution < -0.4 is 25.4 Å². The summed E-state index contributed by atoms with van der Waals surface area (Å²) in [4.78, 5) is 18.4. The van der Waals surface area contributed by atoms with Crippen molar-refractivity contribution in [3.05, 3.63) is 26.8 Å². The van der Waals surface area contributed by atoms with E-state index in [2.05, 4.69) is 25.1 Å². The molecule has 2 aromatic heterocycles. The summed E-state index contributed by atoms with van der Waals surface area (Å²) in [5, 5.41) is 4.03. The summed E-state index contributed by atoms with van der Waals surface area (Å²) in [6.45, 7) is 5.84. The summed E-state index contributed by atoms with van der Waals surface area (Å²) in [7, 11) is 0. The maximum atomic E-state index is 16.7. The van der Waals surface area contributed by atoms with Gasteiger partial charge in [0.2, 0.25) is 5.88 Å². The average Bonchev–Trinajstić information content (AvgIpc) is 3.61. The number of hydrogen-bond donors (Lipinski definition) is 2. The highest BCUT2D eigenvalue weighted by atomic mass is 127. The zero-order chi connectivity index (χ0) is 29.8. The van der Waals surface area contributed by atoms with Gasteiger partial charge in [0.15, 0.2) is 11.6 Å². The van der Waals surface area contributed by atoms with Crippen LogP contribution in [0.5, 0.6) is 11.9 Å². The third kappa shape index (κ3) is 4.20. The lowest BCUT2D eigenvalue weighted by atomic mass is 9.95. The molecular weight excluding hydrogens is 674 g/mol. The van der Waals surface area contributed by atoms with Crippen LogP contribution in [0.2, 0.25) is 0 Å². The van der Waals surface area contributed by atoms with Gasteiger partial charge in [-0.05, 0) is 80.3 Å². The molecule has 4 fully saturated rings. The largest absolute Gasteiger partial charge is 0.472 e. The van der Waals surface area contributed by atoms with Gasteiger partial charge in [0, 0.05) is 35.2 Å². The normalized spacial score (nSPS) is 31.2. The number of benzene rings is 1. The number of piperazine rings is 1. The van der Waals surface area contributed by atoms with Crippen LogP contribution in [0.15, 0.2) is 6.07 Å². The van der Waals surface area contributed by atoms with Gasteiger partial charge in [-0.3, -0.25) is 4.90 Å². The number of nitrogens with one attached hydrogen (secondary N) is 1. The van der Waals surface area contributed by atoms with E-state index >= 15 is 8.78 Å². The first-order chi connectivity index (χ1) is 20.6. The number of nitrogens with zero attached hydrogens (tertiary/aromatic N) is 5. The van der Waals surface area contributed by atoms with E-state index in [4.69, 9.17) is 20.2 Å². The maximum Gasteiger partial charge on any atom is 0.319 e. The Balaban J connectivity index is 1.32. The van der Waals surface area contributed by atoms with Crippen molar-refractivity contribution in [1.29, 1.82) is 0 Å². The van der Waals surface area contributed by atoms with E-state index < -0.39 is 23.3 Å². The van der Waals surface area contributed by atoms with E-state index in [0.29, 0.717) is 39.8 Å². The lowest BCUT2D eigenvalue weighted by molar-refractivity contribution is 0.107. The molecule has 5 aliphatic heterocycles. The maximum absolute atomic E-state index is 16.7. The Kier molecular flexibility index (Phi) is 6.43. The van der Waals surface area contributed by atoms with Gasteiger partial charge in [0.25, 0.3) is 0 Å². The molecule has 0 unspecified atom stereocenters. The molecular formula is C30H33F3IN7O2. The quantitative estimate of drug-likeness (QED) is 0.300. The van der Waals surface area contributed by atoms with Crippen LogP contribution in [0.4, 0.5) is 24.7 Å². The highest BCUT2D eigenvalue weighted by molar-refractivity contribution is 14.1. The molecule has 0 amide bonds. The summed E-state index contributed by atoms with van der Waals surface area (Å²) >= 11 is 1.99. The minimum absolute atomic E-state index is 0.00569. The van der Waals surface area contributed by atoms with Crippen molar-refractivity contribution >= 4 is 45.0 Å². The van der Waals surface area contributed by atoms with Crippen LogP contribution in [-0.4, -0.2) is 82.0 Å². The Labute approximate surface area is 260 Å². The van der Waals surface area contributed by atoms with E-state index in [1.54, 1.807) is 6.92 Å². The number of halogens is 4. The van der Waals surface area contributed by atoms with Crippen molar-refractivity contribution in [1.82, 2.24) is 25.2 Å². The Hall–Kier alpha value is -2.65. The summed E-state index contributed by atoms with van der Waals surface area (Å²) in [5.41, 5.74) is 5.86. The lowest BCUT2D eigenvalue weighted by Gasteiger charge is -2.42. The second-order valence-corrected chi connectivity index (χ2v) is 13.9. The van der Waals surface area contributed by atoms with Gasteiger partial charge in [-0.15, -0.1) is 0 Å². The van der Waals surface area contributed by atoms with Crippen LogP contribution >= 0.6 is 22.6 Å². The molecule has 6 atom stereocenters. The third-order valence-corrected chi connectivity index (χ3v) is 11.5. The van der Waals surface area contributed by atoms with Crippen molar-refractivity contribution in [2.75, 3.05) is 36.9 Å². The number of pyridine rings is 1. The lowest BCUT2D eigenvalue weighted by Crippen LogP contribution is -2.62. The molecule has 0 saturated carbocycles. The predicted molar refractivity (Wildman–Crippen MR) is 164 cm³/mol. The first-order valence-corrected chi connectivity index (χ1v) is 16.1. The number of alkyl halides is 1. The molecule has 1 aromatic carbocycles. The highest BCUT2D eigenvalue weighted by Gasteiger charge is 2.50. The number of rotatable bonds is 4. The first-order valence-electron chi connectivity index (χ1n) is 15.0. The number of nitrogens with two attached hydrogens (primary N) is 1. The molecule has 4 saturated heterocycles. The molecule has 0 aliphatic carbocycles. The molecule has 8 rings (SSSR count). The molecule has 9 nitrogen and oxygen atoms in total. The zero-order valence-electron chi connectivity index (χ0n) is 24.0. The van der Waals surface area contributed by atoms with Crippen molar-refractivity contribution in [3.8, 4) is 23.1 Å². The van der Waals surface area contributed by atoms with E-state index in [0.717, 1.165) is 32.2 Å². The van der Waals surface area contributed by atoms with E-state index in [-0.39, 0.29) is 65.2 Å². The number of hydrogen-bond acceptors (Lipinski definition) is 9. The van der Waals surface area contributed by atoms with E-state index in [1.807, 2.05) is 29.5 Å². The Morgan fingerprint density at radius 3 is 2.88 bits per heavy atom. The van der Waals surface area contributed by atoms with Gasteiger partial charge in [-0.2, -0.15) is 9.97 Å². The van der Waals surface area contributed by atoms with Gasteiger partial charge in [0.05, 0.1) is 22.8 Å². The number of ether oxygens (including phenoxy) is 2. The Bertz CT molecular complexity index is 1640. The number of anilines is 2. The number of aromatic nitrogens is 3. The second kappa shape index (κ2) is 9.93. The number of fused-ring (bicyclic) bond motifs is 6. The summed E-state index contributed by atoms with van der Waals surface area (Å²) in [6, 6.07) is 1.85. The fourth-order valence-electron chi connectivity index (χ4n) is 8.17. The molecule has 228 valence electrons. The Morgan fingerprint density at radius 2 is 2.05 bits per heavy atom. The average molecular weight is 708 g/mol. The molecule has 0 radical (unpaired) electrons. The molecule has 2 bridgehead atoms. The molecule has 43 heavy (non-hydrogen) atoms. The van der Waals surface area contributed by atoms with Crippen LogP contribution in [0.3, 0.4) is 0 Å². The third-order valence-electron chi connectivity index (χ3n) is 10.1. The van der Waals surface area contributed by atoms with Crippen LogP contribution in [0, 0.1) is 22.1 Å². The minimum Gasteiger partial charge on any atom is -0.472 e. The number of nitrogen functional groups attached to an aromatic ring is 1. The molecule has 3 N–H and O–H groups in total. The van der Waals surface area contributed by atoms with Crippen molar-refractivity contribution in [3.63, 3.8) is 0 Å². The zero-order valence-corrected chi connectivity index (χ0v) is 26.1. The van der Waals surface area contributed by atoms with Crippen molar-refractivity contribution in [2.45, 2.75) is 81.9 Å². The van der Waals surface area contributed by atoms with Crippen molar-refractivity contribution < 1.29 is 22.6 Å². The summed E-state index contributed by atoms with van der Waals surface area (Å²) in [6.07, 6.45) is 2.95. The fourth-order valence-corrected chi connectivity index (χ4v) is 8.82. The smallest absolute Gasteiger partial charge is 0.319 e. The molecule has 13 heteroatoms. The number of aryl methyl sites for hydroxylation is 1. The van der Waals surface area contributed by atoms with Gasteiger partial charge >= 0.3 is 6.01 Å². The van der Waals surface area contributed by atoms with Gasteiger partial charge in [-0.25, -0.2) is 18.2 Å². The van der Waals surface area contributed by atoms with Crippen LogP contribution in [-0.2, 0) is 0 Å². The monoisotopic (exact) mass is 707 g/mol. The van der Waals surface area contributed by atoms with Crippen LogP contribution in [0.25, 0.3) is 22.2 Å². The topological polar surface area (TPSA) is 102 Å². The van der Waals surface area contributed by atoms with Gasteiger partial charge in [0.1, 0.15) is 41.3 Å². The standard InChI is InChI=1S/C30H33F3IN7O2/c1-13-8-17(35)21(32)19(23(13)34)24-22(33)25-20-27(39-29(38-25)42-12-30-6-3-7-40(30)10-15(31)9-30)41-11-16-4-5-18(36-16)26(41)14(2)43-28(20)37-24/h8,14-16,18,26,36H,3-7,9-12,35H2,1-2H3/t14-,15+,16+,18-,26+,30-/m0/s1. The summed E-state index contributed by atoms with van der Waals surface area (Å²) < 4.78 is 60.0. The van der Waals surface area contributed by atoms with E-state index in [9.17, 15) is 4.39 Å².